The number of allylic oxidation sites excluding steroid dienone is 2. The summed E-state index contributed by atoms with van der Waals surface area (Å²) in [5, 5.41) is 2.59. The molecule has 0 radical (unpaired) electrons. The molecule has 0 spiro atoms. The Balaban J connectivity index is 1.74. The van der Waals surface area contributed by atoms with Crippen LogP contribution >= 0.6 is 0 Å². The summed E-state index contributed by atoms with van der Waals surface area (Å²) in [4.78, 5) is 34.7. The number of carbonyl (C=O) groups is 3. The van der Waals surface area contributed by atoms with Gasteiger partial charge in [0.15, 0.2) is 6.61 Å². The molecule has 0 aliphatic heterocycles. The summed E-state index contributed by atoms with van der Waals surface area (Å²) in [6.45, 7) is -0.325. The molecule has 1 aromatic rings. The molecule has 0 heterocycles. The highest BCUT2D eigenvalue weighted by atomic mass is 16.5. The van der Waals surface area contributed by atoms with E-state index in [1.54, 1.807) is 24.3 Å². The Hall–Kier alpha value is -2.63. The number of anilines is 1. The minimum absolute atomic E-state index is 0.219. The van der Waals surface area contributed by atoms with Crippen LogP contribution in [-0.2, 0) is 19.1 Å². The average molecular weight is 317 g/mol. The summed E-state index contributed by atoms with van der Waals surface area (Å²) in [5.74, 6) is -1.03. The van der Waals surface area contributed by atoms with Gasteiger partial charge in [-0.25, -0.2) is 4.79 Å². The molecule has 1 aliphatic carbocycles. The zero-order chi connectivity index (χ0) is 16.7. The van der Waals surface area contributed by atoms with Crippen LogP contribution in [0, 0.1) is 5.92 Å². The quantitative estimate of drug-likeness (QED) is 0.643. The minimum atomic E-state index is -0.447. The highest BCUT2D eigenvalue weighted by molar-refractivity contribution is 5.94. The maximum absolute atomic E-state index is 11.7. The fourth-order valence-corrected chi connectivity index (χ4v) is 2.29. The second-order valence-corrected chi connectivity index (χ2v) is 5.25. The van der Waals surface area contributed by atoms with Gasteiger partial charge in [0.2, 0.25) is 0 Å². The number of amides is 1. The lowest BCUT2D eigenvalue weighted by atomic mass is 10.1. The maximum atomic E-state index is 11.7. The molecule has 1 atom stereocenters. The molecule has 0 saturated heterocycles. The Morgan fingerprint density at radius 3 is 2.57 bits per heavy atom. The monoisotopic (exact) mass is 317 g/mol. The second-order valence-electron chi connectivity index (χ2n) is 5.25. The van der Waals surface area contributed by atoms with Crippen LogP contribution in [0.4, 0.5) is 5.69 Å². The lowest BCUT2D eigenvalue weighted by Gasteiger charge is -2.09. The summed E-state index contributed by atoms with van der Waals surface area (Å²) in [5.41, 5.74) is 0.902. The zero-order valence-electron chi connectivity index (χ0n) is 12.9. The van der Waals surface area contributed by atoms with Crippen molar-refractivity contribution in [1.29, 1.82) is 0 Å². The number of esters is 2. The minimum Gasteiger partial charge on any atom is -0.465 e. The van der Waals surface area contributed by atoms with Crippen LogP contribution in [0.2, 0.25) is 0 Å². The molecule has 0 unspecified atom stereocenters. The van der Waals surface area contributed by atoms with Crippen molar-refractivity contribution in [3.63, 3.8) is 0 Å². The van der Waals surface area contributed by atoms with E-state index in [1.807, 2.05) is 12.2 Å². The van der Waals surface area contributed by atoms with Gasteiger partial charge in [-0.1, -0.05) is 12.2 Å². The van der Waals surface area contributed by atoms with Gasteiger partial charge < -0.3 is 14.8 Å². The molecule has 1 aromatic carbocycles. The van der Waals surface area contributed by atoms with E-state index in [2.05, 4.69) is 10.1 Å². The molecule has 23 heavy (non-hydrogen) atoms. The van der Waals surface area contributed by atoms with Crippen molar-refractivity contribution < 1.29 is 23.9 Å². The summed E-state index contributed by atoms with van der Waals surface area (Å²) in [7, 11) is 1.30. The molecular formula is C17H19NO5. The maximum Gasteiger partial charge on any atom is 0.337 e. The molecule has 1 N–H and O–H groups in total. The van der Waals surface area contributed by atoms with Gasteiger partial charge in [0.25, 0.3) is 5.91 Å². The van der Waals surface area contributed by atoms with Gasteiger partial charge in [0.1, 0.15) is 0 Å². The first-order valence-electron chi connectivity index (χ1n) is 7.39. The third kappa shape index (κ3) is 5.25. The van der Waals surface area contributed by atoms with E-state index in [9.17, 15) is 14.4 Å². The predicted octanol–water partition coefficient (Wildman–Crippen LogP) is 2.31. The van der Waals surface area contributed by atoms with Gasteiger partial charge in [0, 0.05) is 5.69 Å². The Labute approximate surface area is 134 Å². The fraction of sp³-hybridized carbons (Fsp3) is 0.353. The molecule has 6 heteroatoms. The fourth-order valence-electron chi connectivity index (χ4n) is 2.29. The number of methoxy groups -OCH3 is 1. The Bertz CT molecular complexity index is 606. The first kappa shape index (κ1) is 16.7. The van der Waals surface area contributed by atoms with Crippen LogP contribution in [0.1, 0.15) is 29.6 Å². The molecule has 0 saturated carbocycles. The third-order valence-corrected chi connectivity index (χ3v) is 3.50. The first-order valence-corrected chi connectivity index (χ1v) is 7.39. The topological polar surface area (TPSA) is 81.7 Å². The number of benzene rings is 1. The van der Waals surface area contributed by atoms with Crippen LogP contribution < -0.4 is 5.32 Å². The number of hydrogen-bond acceptors (Lipinski definition) is 5. The van der Waals surface area contributed by atoms with Gasteiger partial charge in [-0.05, 0) is 43.0 Å². The van der Waals surface area contributed by atoms with Crippen LogP contribution in [-0.4, -0.2) is 31.6 Å². The SMILES string of the molecule is COC(=O)c1ccc(NC(=O)COC(=O)C[C@H]2C=CCC2)cc1. The van der Waals surface area contributed by atoms with E-state index in [1.165, 1.54) is 7.11 Å². The van der Waals surface area contributed by atoms with Crippen molar-refractivity contribution in [2.24, 2.45) is 5.92 Å². The van der Waals surface area contributed by atoms with Crippen LogP contribution in [0.3, 0.4) is 0 Å². The molecule has 6 nitrogen and oxygen atoms in total. The van der Waals surface area contributed by atoms with E-state index in [4.69, 9.17) is 4.74 Å². The van der Waals surface area contributed by atoms with Crippen molar-refractivity contribution in [3.8, 4) is 0 Å². The summed E-state index contributed by atoms with van der Waals surface area (Å²) in [6.07, 6.45) is 6.29. The van der Waals surface area contributed by atoms with E-state index in [-0.39, 0.29) is 18.5 Å². The number of nitrogens with one attached hydrogen (secondary N) is 1. The van der Waals surface area contributed by atoms with Gasteiger partial charge in [-0.3, -0.25) is 9.59 Å². The van der Waals surface area contributed by atoms with Crippen LogP contribution in [0.25, 0.3) is 0 Å². The number of rotatable bonds is 6. The Morgan fingerprint density at radius 2 is 1.96 bits per heavy atom. The lowest BCUT2D eigenvalue weighted by molar-refractivity contribution is -0.147. The van der Waals surface area contributed by atoms with Gasteiger partial charge in [0.05, 0.1) is 19.1 Å². The molecule has 0 fully saturated rings. The second kappa shape index (κ2) is 8.12. The zero-order valence-corrected chi connectivity index (χ0v) is 12.9. The highest BCUT2D eigenvalue weighted by Gasteiger charge is 2.16. The van der Waals surface area contributed by atoms with Crippen molar-refractivity contribution in [1.82, 2.24) is 0 Å². The lowest BCUT2D eigenvalue weighted by Crippen LogP contribution is -2.21. The molecular weight excluding hydrogens is 298 g/mol. The number of ether oxygens (including phenoxy) is 2. The normalized spacial score (nSPS) is 16.0. The Kier molecular flexibility index (Phi) is 5.91. The van der Waals surface area contributed by atoms with E-state index < -0.39 is 11.9 Å². The third-order valence-electron chi connectivity index (χ3n) is 3.50. The van der Waals surface area contributed by atoms with Crippen molar-refractivity contribution in [2.75, 3.05) is 19.0 Å². The molecule has 1 amide bonds. The standard InChI is InChI=1S/C17H19NO5/c1-22-17(21)13-6-8-14(9-7-13)18-15(19)11-23-16(20)10-12-4-2-3-5-12/h2,4,6-9,12H,3,5,10-11H2,1H3,(H,18,19)/t12-/m0/s1. The van der Waals surface area contributed by atoms with Gasteiger partial charge >= 0.3 is 11.9 Å². The number of hydrogen-bond donors (Lipinski definition) is 1. The molecule has 122 valence electrons. The summed E-state index contributed by atoms with van der Waals surface area (Å²) >= 11 is 0. The van der Waals surface area contributed by atoms with Crippen molar-refractivity contribution in [3.05, 3.63) is 42.0 Å². The molecule has 0 aromatic heterocycles. The van der Waals surface area contributed by atoms with Gasteiger partial charge in [-0.2, -0.15) is 0 Å². The summed E-state index contributed by atoms with van der Waals surface area (Å²) < 4.78 is 9.55. The van der Waals surface area contributed by atoms with Crippen molar-refractivity contribution >= 4 is 23.5 Å². The largest absolute Gasteiger partial charge is 0.465 e. The van der Waals surface area contributed by atoms with E-state index in [0.29, 0.717) is 17.7 Å². The average Bonchev–Trinajstić information content (AvgIpc) is 3.06. The van der Waals surface area contributed by atoms with Crippen molar-refractivity contribution in [2.45, 2.75) is 19.3 Å². The van der Waals surface area contributed by atoms with E-state index in [0.717, 1.165) is 12.8 Å². The Morgan fingerprint density at radius 1 is 1.22 bits per heavy atom. The molecule has 2 rings (SSSR count). The first-order chi connectivity index (χ1) is 11.1. The van der Waals surface area contributed by atoms with Crippen LogP contribution in [0.15, 0.2) is 36.4 Å². The molecule has 1 aliphatic rings. The number of carbonyl (C=O) groups excluding carboxylic acids is 3. The highest BCUT2D eigenvalue weighted by Crippen LogP contribution is 2.20. The van der Waals surface area contributed by atoms with Gasteiger partial charge in [-0.15, -0.1) is 0 Å². The molecule has 0 bridgehead atoms. The van der Waals surface area contributed by atoms with Crippen LogP contribution in [0.5, 0.6) is 0 Å². The predicted molar refractivity (Wildman–Crippen MR) is 83.9 cm³/mol. The smallest absolute Gasteiger partial charge is 0.337 e. The van der Waals surface area contributed by atoms with E-state index >= 15 is 0 Å². The summed E-state index contributed by atoms with van der Waals surface area (Å²) in [6, 6.07) is 6.24.